The third-order valence-electron chi connectivity index (χ3n) is 8.33. The van der Waals surface area contributed by atoms with Crippen molar-refractivity contribution in [3.8, 4) is 0 Å². The number of likely N-dealkylation sites (tertiary alicyclic amines) is 1. The quantitative estimate of drug-likeness (QED) is 0.246. The average Bonchev–Trinajstić information content (AvgIpc) is 3.83. The summed E-state index contributed by atoms with van der Waals surface area (Å²) in [6.45, 7) is 0.207. The summed E-state index contributed by atoms with van der Waals surface area (Å²) in [4.78, 5) is 24.0. The molecule has 0 atom stereocenters. The number of thiazole rings is 2. The molecular formula is C31H34F2N6O5S4. The van der Waals surface area contributed by atoms with E-state index in [1.807, 2.05) is 6.07 Å². The zero-order valence-corrected chi connectivity index (χ0v) is 29.0. The minimum Gasteiger partial charge on any atom is -0.311 e. The van der Waals surface area contributed by atoms with E-state index in [1.54, 1.807) is 46.1 Å². The highest BCUT2D eigenvalue weighted by Gasteiger charge is 2.39. The van der Waals surface area contributed by atoms with Gasteiger partial charge >= 0.3 is 0 Å². The van der Waals surface area contributed by atoms with Gasteiger partial charge in [0.1, 0.15) is 0 Å². The van der Waals surface area contributed by atoms with Gasteiger partial charge in [0.15, 0.2) is 10.3 Å². The van der Waals surface area contributed by atoms with Crippen LogP contribution in [0.25, 0.3) is 0 Å². The molecule has 0 unspecified atom stereocenters. The third-order valence-corrected chi connectivity index (χ3v) is 12.6. The molecule has 2 aliphatic heterocycles. The van der Waals surface area contributed by atoms with Crippen molar-refractivity contribution >= 4 is 64.6 Å². The number of carbonyl (C=O) groups is 1. The first-order valence-electron chi connectivity index (χ1n) is 15.4. The van der Waals surface area contributed by atoms with E-state index < -0.39 is 32.5 Å². The van der Waals surface area contributed by atoms with Gasteiger partial charge in [-0.1, -0.05) is 6.07 Å². The lowest BCUT2D eigenvalue weighted by Crippen LogP contribution is -2.42. The van der Waals surface area contributed by atoms with Crippen LogP contribution in [0.5, 0.6) is 0 Å². The van der Waals surface area contributed by atoms with Crippen molar-refractivity contribution in [2.24, 2.45) is 0 Å². The highest BCUT2D eigenvalue weighted by Crippen LogP contribution is 2.32. The van der Waals surface area contributed by atoms with Crippen molar-refractivity contribution in [1.29, 1.82) is 0 Å². The summed E-state index contributed by atoms with van der Waals surface area (Å²) in [5, 5.41) is 4.09. The Bertz CT molecular complexity index is 1970. The van der Waals surface area contributed by atoms with E-state index >= 15 is 0 Å². The van der Waals surface area contributed by atoms with Crippen LogP contribution in [0.4, 0.5) is 24.7 Å². The molecule has 4 aromatic rings. The second kappa shape index (κ2) is 14.2. The topological polar surface area (TPSA) is 142 Å². The van der Waals surface area contributed by atoms with E-state index in [0.29, 0.717) is 35.1 Å². The number of anilines is 3. The van der Waals surface area contributed by atoms with Crippen molar-refractivity contribution in [3.63, 3.8) is 0 Å². The zero-order chi connectivity index (χ0) is 33.9. The molecule has 0 radical (unpaired) electrons. The molecule has 256 valence electrons. The van der Waals surface area contributed by atoms with E-state index in [0.717, 1.165) is 30.4 Å². The van der Waals surface area contributed by atoms with Gasteiger partial charge in [0.2, 0.25) is 5.91 Å². The molecule has 4 heterocycles. The Morgan fingerprint density at radius 2 is 1.38 bits per heavy atom. The van der Waals surface area contributed by atoms with Gasteiger partial charge in [0, 0.05) is 48.4 Å². The summed E-state index contributed by atoms with van der Waals surface area (Å²) in [5.41, 5.74) is 3.83. The number of amides is 1. The van der Waals surface area contributed by atoms with Gasteiger partial charge in [-0.05, 0) is 85.5 Å². The highest BCUT2D eigenvalue weighted by molar-refractivity contribution is 7.93. The molecule has 3 aliphatic rings. The van der Waals surface area contributed by atoms with Crippen LogP contribution >= 0.6 is 22.7 Å². The summed E-state index contributed by atoms with van der Waals surface area (Å²) in [5.74, 6) is -2.99. The van der Waals surface area contributed by atoms with Crippen LogP contribution in [-0.2, 0) is 44.1 Å². The molecule has 2 aromatic heterocycles. The smallest absolute Gasteiger partial charge is 0.263 e. The summed E-state index contributed by atoms with van der Waals surface area (Å²) in [6, 6.07) is 10.0. The largest absolute Gasteiger partial charge is 0.311 e. The van der Waals surface area contributed by atoms with Gasteiger partial charge < -0.3 is 4.90 Å². The maximum absolute atomic E-state index is 13.4. The summed E-state index contributed by atoms with van der Waals surface area (Å²) >= 11 is 2.45. The van der Waals surface area contributed by atoms with E-state index in [2.05, 4.69) is 19.4 Å². The van der Waals surface area contributed by atoms with Crippen molar-refractivity contribution < 1.29 is 30.4 Å². The Morgan fingerprint density at radius 3 is 1.96 bits per heavy atom. The molecule has 2 N–H and O–H groups in total. The van der Waals surface area contributed by atoms with Crippen LogP contribution < -0.4 is 14.3 Å². The van der Waals surface area contributed by atoms with Gasteiger partial charge in [0.05, 0.1) is 22.9 Å². The van der Waals surface area contributed by atoms with Crippen LogP contribution in [0.2, 0.25) is 0 Å². The number of fused-ring (bicyclic) bond motifs is 2. The van der Waals surface area contributed by atoms with E-state index in [4.69, 9.17) is 0 Å². The first-order chi connectivity index (χ1) is 22.9. The summed E-state index contributed by atoms with van der Waals surface area (Å²) < 4.78 is 81.4. The number of hydrogen-bond acceptors (Lipinski definition) is 10. The van der Waals surface area contributed by atoms with Gasteiger partial charge in [-0.25, -0.2) is 35.6 Å². The predicted molar refractivity (Wildman–Crippen MR) is 182 cm³/mol. The number of rotatable bonds is 8. The molecule has 2 aromatic carbocycles. The lowest BCUT2D eigenvalue weighted by atomic mass is 9.92. The Hall–Kier alpha value is -3.51. The van der Waals surface area contributed by atoms with Crippen LogP contribution in [0.15, 0.2) is 69.3 Å². The fourth-order valence-corrected chi connectivity index (χ4v) is 9.67. The normalized spacial score (nSPS) is 17.5. The second-order valence-corrected chi connectivity index (χ2v) is 16.9. The number of benzene rings is 2. The second-order valence-electron chi connectivity index (χ2n) is 11.8. The van der Waals surface area contributed by atoms with Crippen molar-refractivity contribution in [3.05, 3.63) is 76.2 Å². The van der Waals surface area contributed by atoms with Gasteiger partial charge in [0.25, 0.3) is 26.0 Å². The minimum atomic E-state index is -3.78. The Kier molecular flexibility index (Phi) is 10.1. The average molecular weight is 737 g/mol. The Labute approximate surface area is 286 Å². The molecule has 11 nitrogen and oxygen atoms in total. The van der Waals surface area contributed by atoms with E-state index in [9.17, 15) is 30.4 Å². The number of nitrogens with zero attached hydrogens (tertiary/aromatic N) is 4. The fourth-order valence-electron chi connectivity index (χ4n) is 5.99. The number of hydrogen-bond donors (Lipinski definition) is 2. The zero-order valence-electron chi connectivity index (χ0n) is 25.8. The molecule has 17 heteroatoms. The lowest BCUT2D eigenvalue weighted by Gasteiger charge is -2.31. The Morgan fingerprint density at radius 1 is 0.792 bits per heavy atom. The predicted octanol–water partition coefficient (Wildman–Crippen LogP) is 5.39. The van der Waals surface area contributed by atoms with Crippen molar-refractivity contribution in [2.75, 3.05) is 40.5 Å². The molecule has 1 fully saturated rings. The van der Waals surface area contributed by atoms with Crippen LogP contribution in [0, 0.1) is 0 Å². The van der Waals surface area contributed by atoms with E-state index in [1.165, 1.54) is 51.8 Å². The number of sulfonamides is 2. The van der Waals surface area contributed by atoms with Crippen LogP contribution in [0.3, 0.4) is 0 Å². The molecular weight excluding hydrogens is 703 g/mol. The minimum absolute atomic E-state index is 0.0688. The first kappa shape index (κ1) is 34.4. The molecule has 7 rings (SSSR count). The lowest BCUT2D eigenvalue weighted by molar-refractivity contribution is -0.119. The van der Waals surface area contributed by atoms with Crippen LogP contribution in [-0.4, -0.2) is 69.7 Å². The maximum atomic E-state index is 13.4. The number of alkyl halides is 2. The van der Waals surface area contributed by atoms with Crippen molar-refractivity contribution in [1.82, 2.24) is 14.9 Å². The molecule has 0 saturated carbocycles. The molecule has 1 aliphatic carbocycles. The highest BCUT2D eigenvalue weighted by atomic mass is 32.2. The van der Waals surface area contributed by atoms with Crippen LogP contribution in [0.1, 0.15) is 42.4 Å². The summed E-state index contributed by atoms with van der Waals surface area (Å²) in [6.07, 6.45) is 8.52. The molecule has 0 bridgehead atoms. The number of aromatic nitrogens is 2. The summed E-state index contributed by atoms with van der Waals surface area (Å²) in [7, 11) is -7.30. The number of aryl methyl sites for hydroxylation is 3. The SMILES string of the molecule is O=C(CN1CCC(F)(F)C1)N1CCCc2cc(S(=O)(=O)Nc3nccs3)ccc21.O=S(=O)(Nc1nccs1)c1ccc2c(c1)CCCC2. The molecule has 1 saturated heterocycles. The van der Waals surface area contributed by atoms with Crippen molar-refractivity contribution in [2.45, 2.75) is 60.7 Å². The number of halogens is 2. The standard InChI is InChI=1S/C18H20F2N4O3S2.C13H14N2O2S2/c19-18(20)5-8-23(12-18)11-16(25)24-7-1-2-13-10-14(3-4-15(13)24)29(26,27)22-17-21-6-9-28-17;16-19(17,15-13-14-7-8-18-13)12-6-5-10-3-1-2-4-11(10)9-12/h3-4,6,9-10H,1-2,5,7-8,11-12H2,(H,21,22);5-9H,1-4H2,(H,14,15). The monoisotopic (exact) mass is 736 g/mol. The van der Waals surface area contributed by atoms with Gasteiger partial charge in [-0.2, -0.15) is 0 Å². The van der Waals surface area contributed by atoms with Gasteiger partial charge in [-0.3, -0.25) is 19.1 Å². The molecule has 1 amide bonds. The molecule has 48 heavy (non-hydrogen) atoms. The van der Waals surface area contributed by atoms with Gasteiger partial charge in [-0.15, -0.1) is 22.7 Å². The van der Waals surface area contributed by atoms with E-state index in [-0.39, 0.29) is 35.4 Å². The third kappa shape index (κ3) is 8.19. The maximum Gasteiger partial charge on any atom is 0.263 e. The molecule has 0 spiro atoms. The Balaban J connectivity index is 0.000000182. The number of carbonyl (C=O) groups excluding carboxylic acids is 1. The fraction of sp³-hybridized carbons (Fsp3) is 0.387. The first-order valence-corrected chi connectivity index (χ1v) is 20.1. The number of nitrogens with one attached hydrogen (secondary N) is 2.